The number of piperidine rings is 1. The van der Waals surface area contributed by atoms with Crippen molar-refractivity contribution in [3.8, 4) is 5.75 Å². The predicted molar refractivity (Wildman–Crippen MR) is 128 cm³/mol. The number of nitrogens with zero attached hydrogens (tertiary/aromatic N) is 1. The molecule has 0 saturated carbocycles. The lowest BCUT2D eigenvalue weighted by Gasteiger charge is -2.30. The number of carbonyl (C=O) groups is 2. The van der Waals surface area contributed by atoms with E-state index in [-0.39, 0.29) is 35.7 Å². The fourth-order valence-electron chi connectivity index (χ4n) is 3.79. The third-order valence-electron chi connectivity index (χ3n) is 5.76. The van der Waals surface area contributed by atoms with Crippen LogP contribution in [-0.2, 0) is 19.6 Å². The molecule has 0 bridgehead atoms. The largest absolute Gasteiger partial charge is 0.497 e. The van der Waals surface area contributed by atoms with E-state index in [0.717, 1.165) is 0 Å². The van der Waals surface area contributed by atoms with E-state index in [9.17, 15) is 18.0 Å². The molecule has 0 atom stereocenters. The van der Waals surface area contributed by atoms with Crippen molar-refractivity contribution in [3.05, 3.63) is 54.1 Å². The highest BCUT2D eigenvalue weighted by Crippen LogP contribution is 2.26. The van der Waals surface area contributed by atoms with E-state index in [2.05, 4.69) is 10.6 Å². The number of amides is 2. The zero-order chi connectivity index (χ0) is 24.6. The summed E-state index contributed by atoms with van der Waals surface area (Å²) in [6.07, 6.45) is 1.48. The summed E-state index contributed by atoms with van der Waals surface area (Å²) in [5.41, 5.74) is 0.817. The Morgan fingerprint density at radius 3 is 2.35 bits per heavy atom. The summed E-state index contributed by atoms with van der Waals surface area (Å²) in [6, 6.07) is 13.1. The third-order valence-corrected chi connectivity index (χ3v) is 7.68. The molecular weight excluding hydrogens is 458 g/mol. The topological polar surface area (TPSA) is 114 Å². The van der Waals surface area contributed by atoms with Crippen molar-refractivity contribution in [1.82, 2.24) is 9.62 Å². The molecular formula is C24H31N3O6S. The van der Waals surface area contributed by atoms with E-state index in [0.29, 0.717) is 49.4 Å². The van der Waals surface area contributed by atoms with Crippen LogP contribution in [0.5, 0.6) is 5.75 Å². The predicted octanol–water partition coefficient (Wildman–Crippen LogP) is 2.50. The maximum Gasteiger partial charge on any atom is 0.253 e. The lowest BCUT2D eigenvalue weighted by atomic mass is 9.97. The molecule has 2 aromatic rings. The Kier molecular flexibility index (Phi) is 9.03. The molecule has 184 valence electrons. The number of sulfonamides is 1. The monoisotopic (exact) mass is 489 g/mol. The van der Waals surface area contributed by atoms with E-state index in [1.54, 1.807) is 43.5 Å². The van der Waals surface area contributed by atoms with Crippen LogP contribution < -0.4 is 15.4 Å². The lowest BCUT2D eigenvalue weighted by Crippen LogP contribution is -2.41. The molecule has 2 aromatic carbocycles. The van der Waals surface area contributed by atoms with Crippen molar-refractivity contribution in [1.29, 1.82) is 0 Å². The highest BCUT2D eigenvalue weighted by Gasteiger charge is 2.32. The molecule has 2 amide bonds. The van der Waals surface area contributed by atoms with Crippen LogP contribution in [0.25, 0.3) is 0 Å². The van der Waals surface area contributed by atoms with Crippen LogP contribution in [0, 0.1) is 5.92 Å². The standard InChI is InChI=1S/C24H31N3O6S/c1-32-17-5-14-25-24(29)21-6-3-4-7-22(21)26-23(28)18-12-15-27(16-13-18)34(30,31)20-10-8-19(33-2)9-11-20/h3-4,6-11,18H,5,12-17H2,1-2H3,(H,25,29)(H,26,28). The normalized spacial score (nSPS) is 15.0. The fraction of sp³-hybridized carbons (Fsp3) is 0.417. The second-order valence-electron chi connectivity index (χ2n) is 7.99. The van der Waals surface area contributed by atoms with E-state index >= 15 is 0 Å². The van der Waals surface area contributed by atoms with Gasteiger partial charge in [-0.3, -0.25) is 9.59 Å². The van der Waals surface area contributed by atoms with Gasteiger partial charge in [0.25, 0.3) is 5.91 Å². The van der Waals surface area contributed by atoms with Gasteiger partial charge in [0.05, 0.1) is 23.3 Å². The molecule has 1 aliphatic heterocycles. The molecule has 2 N–H and O–H groups in total. The zero-order valence-corrected chi connectivity index (χ0v) is 20.3. The first kappa shape index (κ1) is 25.7. The van der Waals surface area contributed by atoms with Gasteiger partial charge in [-0.15, -0.1) is 0 Å². The Morgan fingerprint density at radius 1 is 1.03 bits per heavy atom. The SMILES string of the molecule is COCCCNC(=O)c1ccccc1NC(=O)C1CCN(S(=O)(=O)c2ccc(OC)cc2)CC1. The number of hydrogen-bond donors (Lipinski definition) is 2. The molecule has 1 saturated heterocycles. The molecule has 0 spiro atoms. The second kappa shape index (κ2) is 12.0. The van der Waals surface area contributed by atoms with Gasteiger partial charge in [-0.25, -0.2) is 8.42 Å². The third kappa shape index (κ3) is 6.34. The van der Waals surface area contributed by atoms with Crippen LogP contribution in [-0.4, -0.2) is 65.0 Å². The second-order valence-corrected chi connectivity index (χ2v) is 9.93. The first-order chi connectivity index (χ1) is 16.4. The van der Waals surface area contributed by atoms with Crippen LogP contribution in [0.4, 0.5) is 5.69 Å². The van der Waals surface area contributed by atoms with Gasteiger partial charge in [0.1, 0.15) is 5.75 Å². The highest BCUT2D eigenvalue weighted by atomic mass is 32.2. The first-order valence-corrected chi connectivity index (χ1v) is 12.6. The minimum absolute atomic E-state index is 0.196. The van der Waals surface area contributed by atoms with Crippen LogP contribution in [0.1, 0.15) is 29.6 Å². The van der Waals surface area contributed by atoms with Crippen LogP contribution in [0.2, 0.25) is 0 Å². The molecule has 1 fully saturated rings. The summed E-state index contributed by atoms with van der Waals surface area (Å²) in [4.78, 5) is 25.6. The van der Waals surface area contributed by atoms with Gasteiger partial charge in [-0.1, -0.05) is 12.1 Å². The average molecular weight is 490 g/mol. The van der Waals surface area contributed by atoms with Crippen molar-refractivity contribution in [2.75, 3.05) is 45.8 Å². The van der Waals surface area contributed by atoms with Gasteiger partial charge in [-0.2, -0.15) is 4.31 Å². The minimum Gasteiger partial charge on any atom is -0.497 e. The van der Waals surface area contributed by atoms with Crippen LogP contribution >= 0.6 is 0 Å². The van der Waals surface area contributed by atoms with E-state index in [1.807, 2.05) is 0 Å². The van der Waals surface area contributed by atoms with Crippen molar-refractivity contribution in [3.63, 3.8) is 0 Å². The minimum atomic E-state index is -3.64. The summed E-state index contributed by atoms with van der Waals surface area (Å²) in [5, 5.41) is 5.67. The summed E-state index contributed by atoms with van der Waals surface area (Å²) in [7, 11) is -0.518. The summed E-state index contributed by atoms with van der Waals surface area (Å²) in [5.74, 6) is -0.257. The average Bonchev–Trinajstić information content (AvgIpc) is 2.87. The number of benzene rings is 2. The zero-order valence-electron chi connectivity index (χ0n) is 19.5. The van der Waals surface area contributed by atoms with Gasteiger partial charge >= 0.3 is 0 Å². The Labute approximate surface area is 200 Å². The van der Waals surface area contributed by atoms with Crippen molar-refractivity contribution in [2.24, 2.45) is 5.92 Å². The van der Waals surface area contributed by atoms with E-state index in [4.69, 9.17) is 9.47 Å². The van der Waals surface area contributed by atoms with Gasteiger partial charge in [0.2, 0.25) is 15.9 Å². The molecule has 0 aromatic heterocycles. The number of carbonyl (C=O) groups excluding carboxylic acids is 2. The summed E-state index contributed by atoms with van der Waals surface area (Å²) >= 11 is 0. The van der Waals surface area contributed by atoms with Gasteiger partial charge in [0.15, 0.2) is 0 Å². The lowest BCUT2D eigenvalue weighted by molar-refractivity contribution is -0.120. The molecule has 3 rings (SSSR count). The number of hydrogen-bond acceptors (Lipinski definition) is 6. The molecule has 1 aliphatic rings. The smallest absolute Gasteiger partial charge is 0.253 e. The van der Waals surface area contributed by atoms with Gasteiger partial charge in [0, 0.05) is 39.3 Å². The molecule has 0 aliphatic carbocycles. The number of rotatable bonds is 10. The van der Waals surface area contributed by atoms with E-state index in [1.165, 1.54) is 23.5 Å². The molecule has 34 heavy (non-hydrogen) atoms. The Morgan fingerprint density at radius 2 is 1.71 bits per heavy atom. The van der Waals surface area contributed by atoms with Crippen molar-refractivity contribution >= 4 is 27.5 Å². The van der Waals surface area contributed by atoms with Gasteiger partial charge in [-0.05, 0) is 55.7 Å². The molecule has 1 heterocycles. The quantitative estimate of drug-likeness (QED) is 0.496. The van der Waals surface area contributed by atoms with Crippen LogP contribution in [0.15, 0.2) is 53.4 Å². The molecule has 0 unspecified atom stereocenters. The number of methoxy groups -OCH3 is 2. The Hall–Kier alpha value is -2.95. The van der Waals surface area contributed by atoms with Crippen molar-refractivity contribution < 1.29 is 27.5 Å². The van der Waals surface area contributed by atoms with Gasteiger partial charge < -0.3 is 20.1 Å². The van der Waals surface area contributed by atoms with E-state index < -0.39 is 10.0 Å². The first-order valence-electron chi connectivity index (χ1n) is 11.2. The highest BCUT2D eigenvalue weighted by molar-refractivity contribution is 7.89. The molecule has 0 radical (unpaired) electrons. The van der Waals surface area contributed by atoms with Crippen molar-refractivity contribution in [2.45, 2.75) is 24.2 Å². The number of para-hydroxylation sites is 1. The summed E-state index contributed by atoms with van der Waals surface area (Å²) in [6.45, 7) is 1.50. The van der Waals surface area contributed by atoms with Crippen LogP contribution in [0.3, 0.4) is 0 Å². The maximum atomic E-state index is 12.9. The molecule has 10 heteroatoms. The number of ether oxygens (including phenoxy) is 2. The maximum absolute atomic E-state index is 12.9. The Balaban J connectivity index is 1.58. The number of nitrogens with one attached hydrogen (secondary N) is 2. The fourth-order valence-corrected chi connectivity index (χ4v) is 5.26. The Bertz CT molecular complexity index is 1080. The molecule has 9 nitrogen and oxygen atoms in total. The number of anilines is 1. The summed E-state index contributed by atoms with van der Waals surface area (Å²) < 4.78 is 37.3.